The van der Waals surface area contributed by atoms with E-state index in [9.17, 15) is 14.4 Å². The van der Waals surface area contributed by atoms with Gasteiger partial charge < -0.3 is 30.2 Å². The number of nitrogens with zero attached hydrogens (tertiary/aromatic N) is 1. The van der Waals surface area contributed by atoms with Gasteiger partial charge in [0.05, 0.1) is 38.8 Å². The van der Waals surface area contributed by atoms with Gasteiger partial charge in [-0.2, -0.15) is 0 Å². The standard InChI is InChI=1S/C35H44N4O6S/c1-21(40)37-25-16-14-22-19-29(43-2)33(44-3)34(45-4)32(22)23-15-17-26(28(41)20-24(23)25)36-18-10-6-9-13-31(42)39-35-38-27-11-7-5-8-12-30(27)46-35/h15,17,19-20,25H,5-14,16,18H2,1-4H3,(H,36,41)(H,37,40)(H,38,39,42)/t25-/m0/s1. The van der Waals surface area contributed by atoms with Crippen molar-refractivity contribution < 1.29 is 23.8 Å². The molecule has 0 unspecified atom stereocenters. The maximum absolute atomic E-state index is 13.5. The van der Waals surface area contributed by atoms with Crippen molar-refractivity contribution in [2.24, 2.45) is 0 Å². The third-order valence-corrected chi connectivity index (χ3v) is 9.73. The number of aryl methyl sites for hydroxylation is 3. The Kier molecular flexibility index (Phi) is 11.2. The molecule has 2 aromatic carbocycles. The number of ether oxygens (including phenoxy) is 3. The zero-order chi connectivity index (χ0) is 32.6. The number of rotatable bonds is 12. The minimum atomic E-state index is -0.361. The molecular formula is C35H44N4O6S. The summed E-state index contributed by atoms with van der Waals surface area (Å²) in [5.74, 6) is 1.36. The summed E-state index contributed by atoms with van der Waals surface area (Å²) in [5, 5.41) is 10.0. The number of hydrogen-bond donors (Lipinski definition) is 3. The predicted molar refractivity (Wildman–Crippen MR) is 182 cm³/mol. The van der Waals surface area contributed by atoms with Gasteiger partial charge in [-0.3, -0.25) is 14.4 Å². The molecule has 0 saturated heterocycles. The summed E-state index contributed by atoms with van der Waals surface area (Å²) in [4.78, 5) is 44.2. The summed E-state index contributed by atoms with van der Waals surface area (Å²) in [6.07, 6.45) is 9.74. The Morgan fingerprint density at radius 3 is 2.52 bits per heavy atom. The highest BCUT2D eigenvalue weighted by Crippen LogP contribution is 2.50. The molecule has 1 atom stereocenters. The number of amides is 2. The number of thiazole rings is 1. The van der Waals surface area contributed by atoms with Crippen molar-refractivity contribution >= 4 is 34.0 Å². The van der Waals surface area contributed by atoms with E-state index in [2.05, 4.69) is 20.9 Å². The van der Waals surface area contributed by atoms with Crippen molar-refractivity contribution in [1.82, 2.24) is 10.3 Å². The van der Waals surface area contributed by atoms with Crippen LogP contribution < -0.4 is 35.6 Å². The lowest BCUT2D eigenvalue weighted by molar-refractivity contribution is -0.119. The quantitative estimate of drug-likeness (QED) is 0.157. The van der Waals surface area contributed by atoms with E-state index in [0.29, 0.717) is 48.7 Å². The summed E-state index contributed by atoms with van der Waals surface area (Å²) in [5.41, 5.74) is 4.76. The number of nitrogens with one attached hydrogen (secondary N) is 3. The third-order valence-electron chi connectivity index (χ3n) is 8.65. The Morgan fingerprint density at radius 1 is 0.957 bits per heavy atom. The number of unbranched alkanes of at least 4 members (excludes halogenated alkanes) is 2. The number of methoxy groups -OCH3 is 3. The second-order valence-electron chi connectivity index (χ2n) is 11.8. The fourth-order valence-corrected chi connectivity index (χ4v) is 7.49. The lowest BCUT2D eigenvalue weighted by atomic mass is 9.95. The molecule has 2 aliphatic rings. The molecule has 3 aromatic rings. The van der Waals surface area contributed by atoms with Gasteiger partial charge in [0.1, 0.15) is 0 Å². The predicted octanol–water partition coefficient (Wildman–Crippen LogP) is 6.20. The van der Waals surface area contributed by atoms with E-state index < -0.39 is 0 Å². The molecule has 0 saturated carbocycles. The number of benzene rings is 1. The van der Waals surface area contributed by atoms with E-state index in [0.717, 1.165) is 65.2 Å². The van der Waals surface area contributed by atoms with Crippen LogP contribution in [0.4, 0.5) is 10.8 Å². The van der Waals surface area contributed by atoms with Crippen LogP contribution in [0.2, 0.25) is 0 Å². The molecule has 2 amide bonds. The lowest BCUT2D eigenvalue weighted by Crippen LogP contribution is -2.26. The minimum absolute atomic E-state index is 0.00557. The van der Waals surface area contributed by atoms with Crippen molar-refractivity contribution in [2.45, 2.75) is 83.6 Å². The number of anilines is 2. The molecule has 0 bridgehead atoms. The van der Waals surface area contributed by atoms with Gasteiger partial charge in [0.15, 0.2) is 16.6 Å². The van der Waals surface area contributed by atoms with Crippen LogP contribution in [0.3, 0.4) is 0 Å². The van der Waals surface area contributed by atoms with Crippen molar-refractivity contribution in [2.75, 3.05) is 38.5 Å². The minimum Gasteiger partial charge on any atom is -0.493 e. The zero-order valence-electron chi connectivity index (χ0n) is 27.2. The topological polar surface area (TPSA) is 128 Å². The summed E-state index contributed by atoms with van der Waals surface area (Å²) in [6.45, 7) is 2.07. The average Bonchev–Trinajstić information content (AvgIpc) is 3.14. The van der Waals surface area contributed by atoms with Crippen LogP contribution in [0.5, 0.6) is 17.2 Å². The van der Waals surface area contributed by atoms with Gasteiger partial charge in [0.25, 0.3) is 0 Å². The van der Waals surface area contributed by atoms with Crippen LogP contribution in [0.1, 0.15) is 86.0 Å². The molecule has 11 heteroatoms. The Labute approximate surface area is 274 Å². The lowest BCUT2D eigenvalue weighted by Gasteiger charge is -2.19. The first-order chi connectivity index (χ1) is 22.3. The van der Waals surface area contributed by atoms with E-state index in [-0.39, 0.29) is 23.3 Å². The summed E-state index contributed by atoms with van der Waals surface area (Å²) >= 11 is 1.62. The number of hydrogen-bond acceptors (Lipinski definition) is 9. The highest BCUT2D eigenvalue weighted by Gasteiger charge is 2.29. The number of carbonyl (C=O) groups is 2. The SMILES string of the molecule is COc1cc2c(c(OC)c1OC)-c1ccc(NCCCCCC(=O)Nc3nc4c(s3)CCCCC4)c(=O)cc1[C@@H](NC(C)=O)CC2. The van der Waals surface area contributed by atoms with Crippen molar-refractivity contribution in [3.05, 3.63) is 56.2 Å². The van der Waals surface area contributed by atoms with E-state index in [4.69, 9.17) is 14.2 Å². The van der Waals surface area contributed by atoms with Crippen LogP contribution in [0.25, 0.3) is 11.1 Å². The van der Waals surface area contributed by atoms with Gasteiger partial charge in [-0.15, -0.1) is 11.3 Å². The number of aromatic nitrogens is 1. The highest BCUT2D eigenvalue weighted by atomic mass is 32.1. The van der Waals surface area contributed by atoms with Gasteiger partial charge in [0, 0.05) is 30.3 Å². The van der Waals surface area contributed by atoms with E-state index in [1.807, 2.05) is 12.1 Å². The highest BCUT2D eigenvalue weighted by molar-refractivity contribution is 7.15. The first-order valence-electron chi connectivity index (χ1n) is 16.1. The first kappa shape index (κ1) is 33.2. The molecule has 0 spiro atoms. The van der Waals surface area contributed by atoms with Gasteiger partial charge in [0.2, 0.25) is 23.0 Å². The van der Waals surface area contributed by atoms with Gasteiger partial charge in [-0.1, -0.05) is 18.9 Å². The summed E-state index contributed by atoms with van der Waals surface area (Å²) in [6, 6.07) is 6.90. The van der Waals surface area contributed by atoms with Gasteiger partial charge >= 0.3 is 0 Å². The van der Waals surface area contributed by atoms with Crippen molar-refractivity contribution in [3.8, 4) is 28.4 Å². The fraction of sp³-hybridized carbons (Fsp3) is 0.486. The summed E-state index contributed by atoms with van der Waals surface area (Å²) < 4.78 is 17.1. The van der Waals surface area contributed by atoms with Crippen LogP contribution in [-0.2, 0) is 28.9 Å². The third kappa shape index (κ3) is 7.63. The molecule has 2 aliphatic carbocycles. The number of fused-ring (bicyclic) bond motifs is 4. The second kappa shape index (κ2) is 15.4. The van der Waals surface area contributed by atoms with E-state index in [1.54, 1.807) is 44.8 Å². The van der Waals surface area contributed by atoms with Crippen LogP contribution in [0, 0.1) is 0 Å². The molecular weight excluding hydrogens is 604 g/mol. The molecule has 5 rings (SSSR count). The monoisotopic (exact) mass is 648 g/mol. The molecule has 10 nitrogen and oxygen atoms in total. The number of carbonyl (C=O) groups excluding carboxylic acids is 2. The molecule has 246 valence electrons. The Bertz CT molecular complexity index is 1610. The molecule has 0 fully saturated rings. The van der Waals surface area contributed by atoms with E-state index >= 15 is 0 Å². The zero-order valence-corrected chi connectivity index (χ0v) is 28.0. The Hall–Kier alpha value is -4.12. The van der Waals surface area contributed by atoms with Crippen LogP contribution in [0.15, 0.2) is 29.1 Å². The smallest absolute Gasteiger partial charge is 0.226 e. The average molecular weight is 649 g/mol. The van der Waals surface area contributed by atoms with E-state index in [1.165, 1.54) is 31.1 Å². The van der Waals surface area contributed by atoms with Crippen molar-refractivity contribution in [1.29, 1.82) is 0 Å². The molecule has 1 heterocycles. The molecule has 0 radical (unpaired) electrons. The molecule has 1 aromatic heterocycles. The first-order valence-corrected chi connectivity index (χ1v) is 16.9. The molecule has 46 heavy (non-hydrogen) atoms. The maximum Gasteiger partial charge on any atom is 0.226 e. The van der Waals surface area contributed by atoms with Crippen molar-refractivity contribution in [3.63, 3.8) is 0 Å². The van der Waals surface area contributed by atoms with Gasteiger partial charge in [-0.05, 0) is 86.3 Å². The van der Waals surface area contributed by atoms with Crippen LogP contribution in [-0.4, -0.2) is 44.7 Å². The second-order valence-corrected chi connectivity index (χ2v) is 12.9. The molecule has 3 N–H and O–H groups in total. The maximum atomic E-state index is 13.5. The Morgan fingerprint density at radius 2 is 1.76 bits per heavy atom. The summed E-state index contributed by atoms with van der Waals surface area (Å²) in [7, 11) is 4.73. The normalized spacial score (nSPS) is 15.3. The largest absolute Gasteiger partial charge is 0.493 e. The molecule has 0 aliphatic heterocycles. The fourth-order valence-electron chi connectivity index (χ4n) is 6.43. The van der Waals surface area contributed by atoms with Gasteiger partial charge in [-0.25, -0.2) is 4.98 Å². The Balaban J connectivity index is 1.26. The van der Waals surface area contributed by atoms with Crippen LogP contribution >= 0.6 is 11.3 Å².